The summed E-state index contributed by atoms with van der Waals surface area (Å²) in [6, 6.07) is 10.3. The van der Waals surface area contributed by atoms with Gasteiger partial charge in [0.1, 0.15) is 0 Å². The number of aromatic nitrogens is 2. The van der Waals surface area contributed by atoms with E-state index < -0.39 is 0 Å². The molecule has 0 aliphatic carbocycles. The fraction of sp³-hybridized carbons (Fsp3) is 0. The van der Waals surface area contributed by atoms with Crippen molar-refractivity contribution in [1.82, 2.24) is 9.97 Å². The predicted molar refractivity (Wildman–Crippen MR) is 65.1 cm³/mol. The first kappa shape index (κ1) is 13.2. The van der Waals surface area contributed by atoms with E-state index in [1.807, 2.05) is 30.6 Å². The van der Waals surface area contributed by atoms with Crippen LogP contribution in [-0.4, -0.2) is 69.1 Å². The molecule has 64 valence electrons. The number of benzene rings is 1. The summed E-state index contributed by atoms with van der Waals surface area (Å²) < 4.78 is 0. The van der Waals surface area contributed by atoms with E-state index in [0.29, 0.717) is 0 Å². The molecule has 0 atom stereocenters. The molecule has 2 radical (unpaired) electrons. The molecule has 0 amide bonds. The number of aromatic amines is 1. The quantitative estimate of drug-likeness (QED) is 0.569. The van der Waals surface area contributed by atoms with Gasteiger partial charge in [0.25, 0.3) is 0 Å². The van der Waals surface area contributed by atoms with E-state index in [1.54, 1.807) is 0 Å². The minimum atomic E-state index is 0. The van der Waals surface area contributed by atoms with Gasteiger partial charge in [-0.25, -0.2) is 0 Å². The monoisotopic (exact) mass is 214 g/mol. The van der Waals surface area contributed by atoms with Crippen LogP contribution in [0.5, 0.6) is 0 Å². The maximum Gasteiger partial charge on any atom is 0.0723 e. The summed E-state index contributed by atoms with van der Waals surface area (Å²) in [5.74, 6) is 0. The van der Waals surface area contributed by atoms with Gasteiger partial charge in [0.2, 0.25) is 0 Å². The van der Waals surface area contributed by atoms with Crippen molar-refractivity contribution in [2.45, 2.75) is 0 Å². The first-order chi connectivity index (χ1) is 6.45. The Balaban J connectivity index is 0.000000562. The summed E-state index contributed by atoms with van der Waals surface area (Å²) in [5, 5.41) is 2.42. The van der Waals surface area contributed by atoms with Gasteiger partial charge in [-0.3, -0.25) is 4.98 Å². The zero-order chi connectivity index (χ0) is 8.67. The molecule has 1 aromatic carbocycles. The van der Waals surface area contributed by atoms with Gasteiger partial charge in [0.15, 0.2) is 0 Å². The van der Waals surface area contributed by atoms with Gasteiger partial charge in [-0.15, -0.1) is 0 Å². The van der Waals surface area contributed by atoms with E-state index in [2.05, 4.69) is 22.1 Å². The summed E-state index contributed by atoms with van der Waals surface area (Å²) in [6.45, 7) is 0. The number of nitrogens with zero attached hydrogens (tertiary/aromatic N) is 1. The van der Waals surface area contributed by atoms with Gasteiger partial charge < -0.3 is 4.98 Å². The molecule has 0 bridgehead atoms. The first-order valence-electron chi connectivity index (χ1n) is 4.26. The summed E-state index contributed by atoms with van der Waals surface area (Å²) in [7, 11) is 0. The average molecular weight is 214 g/mol. The van der Waals surface area contributed by atoms with Crippen LogP contribution < -0.4 is 0 Å². The molecule has 4 heteroatoms. The Morgan fingerprint density at radius 2 is 1.87 bits per heavy atom. The van der Waals surface area contributed by atoms with Crippen LogP contribution in [0.1, 0.15) is 0 Å². The molecule has 3 aromatic rings. The number of hydrogen-bond donors (Lipinski definition) is 1. The van der Waals surface area contributed by atoms with E-state index >= 15 is 0 Å². The third kappa shape index (κ3) is 2.31. The molecule has 1 N–H and O–H groups in total. The Bertz CT molecular complexity index is 575. The molecule has 0 aliphatic rings. The topological polar surface area (TPSA) is 28.7 Å². The standard InChI is InChI=1S/C11H8N2.2Na/c1-2-8-3-4-10-9(5-7-12-10)11(8)13-6-1;;/h1-7,13H;;. The Morgan fingerprint density at radius 3 is 2.73 bits per heavy atom. The average Bonchev–Trinajstić information content (AvgIpc) is 2.65. The van der Waals surface area contributed by atoms with Crippen LogP contribution in [0.15, 0.2) is 42.7 Å². The molecule has 0 spiro atoms. The number of pyridine rings is 1. The van der Waals surface area contributed by atoms with E-state index in [9.17, 15) is 0 Å². The zero-order valence-electron chi connectivity index (χ0n) is 8.99. The Kier molecular flexibility index (Phi) is 4.84. The van der Waals surface area contributed by atoms with Crippen molar-refractivity contribution in [2.75, 3.05) is 0 Å². The van der Waals surface area contributed by atoms with E-state index in [0.717, 1.165) is 11.0 Å². The Morgan fingerprint density at radius 1 is 1.00 bits per heavy atom. The summed E-state index contributed by atoms with van der Waals surface area (Å²) in [4.78, 5) is 7.49. The number of hydrogen-bond acceptors (Lipinski definition) is 1. The fourth-order valence-corrected chi connectivity index (χ4v) is 1.68. The SMILES string of the molecule is [Na].[Na].c1c[nH]c2c(c1)ccc1nccc12. The number of rotatable bonds is 0. The zero-order valence-corrected chi connectivity index (χ0v) is 13.0. The number of H-pyrrole nitrogens is 1. The predicted octanol–water partition coefficient (Wildman–Crippen LogP) is 1.95. The minimum absolute atomic E-state index is 0. The van der Waals surface area contributed by atoms with Gasteiger partial charge >= 0.3 is 0 Å². The van der Waals surface area contributed by atoms with Crippen LogP contribution in [-0.2, 0) is 0 Å². The van der Waals surface area contributed by atoms with Crippen LogP contribution in [0.25, 0.3) is 21.8 Å². The van der Waals surface area contributed by atoms with Crippen LogP contribution in [0, 0.1) is 0 Å². The van der Waals surface area contributed by atoms with Crippen molar-refractivity contribution in [2.24, 2.45) is 0 Å². The third-order valence-electron chi connectivity index (χ3n) is 2.31. The largest absolute Gasteiger partial charge is 0.361 e. The van der Waals surface area contributed by atoms with Crippen molar-refractivity contribution in [1.29, 1.82) is 0 Å². The van der Waals surface area contributed by atoms with E-state index in [4.69, 9.17) is 0 Å². The minimum Gasteiger partial charge on any atom is -0.361 e. The Labute approximate surface area is 132 Å². The van der Waals surface area contributed by atoms with Gasteiger partial charge in [-0.1, -0.05) is 12.1 Å². The van der Waals surface area contributed by atoms with Crippen molar-refractivity contribution < 1.29 is 0 Å². The molecule has 0 saturated carbocycles. The van der Waals surface area contributed by atoms with Crippen LogP contribution in [0.2, 0.25) is 0 Å². The smallest absolute Gasteiger partial charge is 0.0723 e. The van der Waals surface area contributed by atoms with Crippen molar-refractivity contribution >= 4 is 80.9 Å². The molecule has 3 rings (SSSR count). The van der Waals surface area contributed by atoms with Gasteiger partial charge in [-0.2, -0.15) is 0 Å². The fourth-order valence-electron chi connectivity index (χ4n) is 1.68. The van der Waals surface area contributed by atoms with Crippen molar-refractivity contribution in [3.63, 3.8) is 0 Å². The molecule has 2 nitrogen and oxygen atoms in total. The normalized spacial score (nSPS) is 9.60. The maximum atomic E-state index is 4.25. The van der Waals surface area contributed by atoms with Gasteiger partial charge in [0, 0.05) is 76.9 Å². The number of nitrogens with one attached hydrogen (secondary N) is 1. The van der Waals surface area contributed by atoms with Crippen molar-refractivity contribution in [3.05, 3.63) is 42.7 Å². The molecule has 2 heterocycles. The Hall–Kier alpha value is 0.170. The molecular formula is C11H8N2Na2. The third-order valence-corrected chi connectivity index (χ3v) is 2.31. The van der Waals surface area contributed by atoms with Crippen LogP contribution >= 0.6 is 0 Å². The molecule has 0 fully saturated rings. The van der Waals surface area contributed by atoms with Gasteiger partial charge in [-0.05, 0) is 23.6 Å². The van der Waals surface area contributed by atoms with Crippen LogP contribution in [0.3, 0.4) is 0 Å². The second-order valence-electron chi connectivity index (χ2n) is 3.08. The molecule has 0 unspecified atom stereocenters. The molecule has 0 aliphatic heterocycles. The molecule has 15 heavy (non-hydrogen) atoms. The van der Waals surface area contributed by atoms with Gasteiger partial charge in [0.05, 0.1) is 11.0 Å². The summed E-state index contributed by atoms with van der Waals surface area (Å²) in [6.07, 6.45) is 3.78. The van der Waals surface area contributed by atoms with E-state index in [-0.39, 0.29) is 59.1 Å². The number of fused-ring (bicyclic) bond motifs is 3. The van der Waals surface area contributed by atoms with E-state index in [1.165, 1.54) is 10.8 Å². The second-order valence-corrected chi connectivity index (χ2v) is 3.08. The molecule has 0 saturated heterocycles. The molecular weight excluding hydrogens is 206 g/mol. The second kappa shape index (κ2) is 5.48. The maximum absolute atomic E-state index is 4.25. The summed E-state index contributed by atoms with van der Waals surface area (Å²) in [5.41, 5.74) is 2.22. The first-order valence-corrected chi connectivity index (χ1v) is 4.26. The van der Waals surface area contributed by atoms with Crippen LogP contribution in [0.4, 0.5) is 0 Å². The summed E-state index contributed by atoms with van der Waals surface area (Å²) >= 11 is 0. The van der Waals surface area contributed by atoms with Crippen molar-refractivity contribution in [3.8, 4) is 0 Å². The molecule has 2 aromatic heterocycles.